The van der Waals surface area contributed by atoms with Gasteiger partial charge in [-0.2, -0.15) is 4.31 Å². The molecular formula is C21H18N4O3S. The molecule has 0 bridgehead atoms. The Morgan fingerprint density at radius 1 is 0.966 bits per heavy atom. The largest absolute Gasteiger partial charge is 0.417 e. The topological polar surface area (TPSA) is 89.2 Å². The summed E-state index contributed by atoms with van der Waals surface area (Å²) in [6, 6.07) is 17.7. The summed E-state index contributed by atoms with van der Waals surface area (Å²) in [5, 5.41) is 10.3. The van der Waals surface area contributed by atoms with Crippen LogP contribution in [0.25, 0.3) is 22.4 Å². The predicted molar refractivity (Wildman–Crippen MR) is 107 cm³/mol. The van der Waals surface area contributed by atoms with Crippen molar-refractivity contribution < 1.29 is 12.8 Å². The van der Waals surface area contributed by atoms with Gasteiger partial charge in [0.15, 0.2) is 0 Å². The highest BCUT2D eigenvalue weighted by Crippen LogP contribution is 2.37. The highest BCUT2D eigenvalue weighted by Gasteiger charge is 2.39. The fourth-order valence-corrected chi connectivity index (χ4v) is 5.43. The Kier molecular flexibility index (Phi) is 4.37. The summed E-state index contributed by atoms with van der Waals surface area (Å²) in [5.74, 6) is 0.590. The third-order valence-electron chi connectivity index (χ3n) is 5.16. The van der Waals surface area contributed by atoms with Crippen LogP contribution in [-0.4, -0.2) is 34.4 Å². The fourth-order valence-electron chi connectivity index (χ4n) is 3.76. The Labute approximate surface area is 168 Å². The molecule has 4 aromatic rings. The van der Waals surface area contributed by atoms with Crippen LogP contribution < -0.4 is 0 Å². The SMILES string of the molecule is O=S(=O)(c1ccccc1)N1CCC[C@@H]1c1nnc(-c2nccc3ccccc23)o1. The average molecular weight is 406 g/mol. The third kappa shape index (κ3) is 3.10. The maximum Gasteiger partial charge on any atom is 0.266 e. The van der Waals surface area contributed by atoms with Crippen molar-refractivity contribution >= 4 is 20.8 Å². The number of rotatable bonds is 4. The molecule has 2 aromatic carbocycles. The van der Waals surface area contributed by atoms with Crippen molar-refractivity contribution in [2.75, 3.05) is 6.54 Å². The summed E-state index contributed by atoms with van der Waals surface area (Å²) in [6.07, 6.45) is 3.07. The van der Waals surface area contributed by atoms with Crippen molar-refractivity contribution in [3.63, 3.8) is 0 Å². The lowest BCUT2D eigenvalue weighted by molar-refractivity contribution is 0.332. The van der Waals surface area contributed by atoms with E-state index < -0.39 is 16.1 Å². The summed E-state index contributed by atoms with van der Waals surface area (Å²) < 4.78 is 33.6. The molecule has 5 rings (SSSR count). The summed E-state index contributed by atoms with van der Waals surface area (Å²) >= 11 is 0. The summed E-state index contributed by atoms with van der Waals surface area (Å²) in [4.78, 5) is 4.67. The van der Waals surface area contributed by atoms with E-state index in [1.165, 1.54) is 4.31 Å². The van der Waals surface area contributed by atoms with Gasteiger partial charge in [0, 0.05) is 18.1 Å². The van der Waals surface area contributed by atoms with Crippen LogP contribution in [0.1, 0.15) is 24.8 Å². The summed E-state index contributed by atoms with van der Waals surface area (Å²) in [7, 11) is -3.64. The molecule has 0 N–H and O–H groups in total. The van der Waals surface area contributed by atoms with E-state index in [4.69, 9.17) is 4.42 Å². The third-order valence-corrected chi connectivity index (χ3v) is 7.08. The van der Waals surface area contributed by atoms with Gasteiger partial charge in [-0.3, -0.25) is 4.98 Å². The van der Waals surface area contributed by atoms with Crippen LogP contribution in [0.2, 0.25) is 0 Å². The number of hydrogen-bond acceptors (Lipinski definition) is 6. The molecule has 2 aromatic heterocycles. The van der Waals surface area contributed by atoms with E-state index in [1.807, 2.05) is 30.3 Å². The van der Waals surface area contributed by atoms with Gasteiger partial charge in [0.2, 0.25) is 15.9 Å². The van der Waals surface area contributed by atoms with E-state index in [0.717, 1.165) is 17.2 Å². The van der Waals surface area contributed by atoms with Gasteiger partial charge in [0.25, 0.3) is 5.89 Å². The van der Waals surface area contributed by atoms with Crippen LogP contribution in [0.4, 0.5) is 0 Å². The second-order valence-corrected chi connectivity index (χ2v) is 8.80. The molecule has 1 aliphatic rings. The lowest BCUT2D eigenvalue weighted by Crippen LogP contribution is -2.30. The fraction of sp³-hybridized carbons (Fsp3) is 0.190. The first-order chi connectivity index (χ1) is 14.1. The number of nitrogens with zero attached hydrogens (tertiary/aromatic N) is 4. The molecule has 1 atom stereocenters. The molecule has 3 heterocycles. The van der Waals surface area contributed by atoms with Gasteiger partial charge < -0.3 is 4.42 Å². The minimum absolute atomic E-state index is 0.266. The van der Waals surface area contributed by atoms with Gasteiger partial charge >= 0.3 is 0 Å². The minimum atomic E-state index is -3.64. The summed E-state index contributed by atoms with van der Waals surface area (Å²) in [6.45, 7) is 0.423. The maximum atomic E-state index is 13.1. The average Bonchev–Trinajstić information content (AvgIpc) is 3.44. The van der Waals surface area contributed by atoms with Crippen molar-refractivity contribution in [3.8, 4) is 11.6 Å². The molecule has 0 amide bonds. The molecule has 0 saturated carbocycles. The number of sulfonamides is 1. The second kappa shape index (κ2) is 7.06. The highest BCUT2D eigenvalue weighted by atomic mass is 32.2. The Balaban J connectivity index is 1.52. The standard InChI is InChI=1S/C21H18N4O3S/c26-29(27,16-8-2-1-3-9-16)25-14-6-11-18(25)20-23-24-21(28-20)19-17-10-5-4-7-15(17)12-13-22-19/h1-5,7-10,12-13,18H,6,11,14H2/t18-/m1/s1. The van der Waals surface area contributed by atoms with E-state index in [-0.39, 0.29) is 4.90 Å². The molecule has 1 saturated heterocycles. The number of benzene rings is 2. The van der Waals surface area contributed by atoms with Crippen molar-refractivity contribution in [2.24, 2.45) is 0 Å². The molecule has 146 valence electrons. The van der Waals surface area contributed by atoms with Crippen LogP contribution in [0.3, 0.4) is 0 Å². The maximum absolute atomic E-state index is 13.1. The Hall–Kier alpha value is -3.10. The normalized spacial score (nSPS) is 17.7. The smallest absolute Gasteiger partial charge is 0.266 e. The van der Waals surface area contributed by atoms with E-state index in [1.54, 1.807) is 36.5 Å². The van der Waals surface area contributed by atoms with Crippen molar-refractivity contribution in [3.05, 3.63) is 72.8 Å². The molecule has 0 aliphatic carbocycles. The van der Waals surface area contributed by atoms with Crippen LogP contribution in [-0.2, 0) is 10.0 Å². The van der Waals surface area contributed by atoms with Crippen LogP contribution in [0.5, 0.6) is 0 Å². The number of aromatic nitrogens is 3. The van der Waals surface area contributed by atoms with Crippen LogP contribution in [0.15, 0.2) is 76.2 Å². The van der Waals surface area contributed by atoms with Gasteiger partial charge in [-0.05, 0) is 36.4 Å². The van der Waals surface area contributed by atoms with Gasteiger partial charge in [0.05, 0.1) is 4.90 Å². The Morgan fingerprint density at radius 3 is 2.62 bits per heavy atom. The molecule has 1 aliphatic heterocycles. The van der Waals surface area contributed by atoms with Crippen LogP contribution in [0, 0.1) is 0 Å². The summed E-state index contributed by atoms with van der Waals surface area (Å²) in [5.41, 5.74) is 0.595. The predicted octanol–water partition coefficient (Wildman–Crippen LogP) is 3.81. The molecular weight excluding hydrogens is 388 g/mol. The second-order valence-electron chi connectivity index (χ2n) is 6.91. The van der Waals surface area contributed by atoms with Gasteiger partial charge in [-0.15, -0.1) is 10.2 Å². The zero-order valence-electron chi connectivity index (χ0n) is 15.5. The molecule has 0 radical (unpaired) electrons. The van der Waals surface area contributed by atoms with Crippen molar-refractivity contribution in [2.45, 2.75) is 23.8 Å². The molecule has 0 unspecified atom stereocenters. The molecule has 0 spiro atoms. The van der Waals surface area contributed by atoms with E-state index >= 15 is 0 Å². The number of pyridine rings is 1. The first-order valence-electron chi connectivity index (χ1n) is 9.39. The monoisotopic (exact) mass is 406 g/mol. The number of fused-ring (bicyclic) bond motifs is 1. The minimum Gasteiger partial charge on any atom is -0.417 e. The lowest BCUT2D eigenvalue weighted by Gasteiger charge is -2.21. The first-order valence-corrected chi connectivity index (χ1v) is 10.8. The lowest BCUT2D eigenvalue weighted by atomic mass is 10.1. The molecule has 29 heavy (non-hydrogen) atoms. The van der Waals surface area contributed by atoms with Gasteiger partial charge in [-0.1, -0.05) is 42.5 Å². The van der Waals surface area contributed by atoms with Crippen molar-refractivity contribution in [1.29, 1.82) is 0 Å². The van der Waals surface area contributed by atoms with Crippen molar-refractivity contribution in [1.82, 2.24) is 19.5 Å². The molecule has 1 fully saturated rings. The quantitative estimate of drug-likeness (QED) is 0.512. The van der Waals surface area contributed by atoms with Gasteiger partial charge in [-0.25, -0.2) is 8.42 Å². The Bertz CT molecular complexity index is 1270. The van der Waals surface area contributed by atoms with E-state index in [9.17, 15) is 8.42 Å². The first kappa shape index (κ1) is 18.0. The zero-order valence-corrected chi connectivity index (χ0v) is 16.3. The van der Waals surface area contributed by atoms with E-state index in [2.05, 4.69) is 15.2 Å². The Morgan fingerprint density at radius 2 is 1.76 bits per heavy atom. The molecule has 7 nitrogen and oxygen atoms in total. The zero-order chi connectivity index (χ0) is 19.8. The highest BCUT2D eigenvalue weighted by molar-refractivity contribution is 7.89. The van der Waals surface area contributed by atoms with Crippen LogP contribution >= 0.6 is 0 Å². The van der Waals surface area contributed by atoms with Gasteiger partial charge in [0.1, 0.15) is 11.7 Å². The molecule has 8 heteroatoms. The van der Waals surface area contributed by atoms with E-state index in [0.29, 0.717) is 30.4 Å². The number of hydrogen-bond donors (Lipinski definition) is 0.